The summed E-state index contributed by atoms with van der Waals surface area (Å²) in [5.41, 5.74) is 18.3. The zero-order valence-electron chi connectivity index (χ0n) is 44.2. The average molecular weight is 953 g/mol. The Hall–Kier alpha value is -6.92. The summed E-state index contributed by atoms with van der Waals surface area (Å²) in [6.07, 6.45) is 15.2. The van der Waals surface area contributed by atoms with Crippen LogP contribution >= 0.6 is 0 Å². The predicted octanol–water partition coefficient (Wildman–Crippen LogP) is 16.6. The highest BCUT2D eigenvalue weighted by Gasteiger charge is 2.24. The summed E-state index contributed by atoms with van der Waals surface area (Å²) in [7, 11) is 0. The molecule has 0 aliphatic carbocycles. The largest absolute Gasteiger partial charge is 0.508 e. The molecular weight excluding hydrogens is 877 g/mol. The van der Waals surface area contributed by atoms with Gasteiger partial charge in [0.25, 0.3) is 0 Å². The van der Waals surface area contributed by atoms with Crippen molar-refractivity contribution in [1.29, 1.82) is 0 Å². The van der Waals surface area contributed by atoms with Crippen molar-refractivity contribution in [3.8, 4) is 67.9 Å². The molecule has 6 nitrogen and oxygen atoms in total. The van der Waals surface area contributed by atoms with E-state index in [1.54, 1.807) is 12.2 Å². The molecule has 0 aliphatic rings. The van der Waals surface area contributed by atoms with Crippen LogP contribution in [0.15, 0.2) is 104 Å². The fraction of sp³-hybridized carbons (Fsp3) is 0.323. The summed E-state index contributed by atoms with van der Waals surface area (Å²) in [5.74, 6) is 1.28. The lowest BCUT2D eigenvalue weighted by atomic mass is 9.84. The molecule has 0 spiro atoms. The molecule has 6 heteroatoms. The number of allylic oxidation sites excluding steroid dienone is 6. The number of phenols is 6. The van der Waals surface area contributed by atoms with Gasteiger partial charge in [-0.3, -0.25) is 0 Å². The number of phenolic OH excluding ortho intramolecular Hbond substituents is 6. The van der Waals surface area contributed by atoms with Crippen molar-refractivity contribution in [3.05, 3.63) is 188 Å². The van der Waals surface area contributed by atoms with Gasteiger partial charge in [0.2, 0.25) is 0 Å². The first-order valence-electron chi connectivity index (χ1n) is 25.1. The SMILES string of the molecule is C=CCc1cc(-c2cc(C)c(O)cc2C(C)C)cc(C/C=C/CC(C)c2cc(-c3c(O)cc(C)c(C)c3C)cc(C(C)C/C=C/Cc3c(C)cc(C)c(-c4c(C)cc(C)c(CC=C)c4O)c3O)c2O)c1O. The molecule has 0 saturated heterocycles. The van der Waals surface area contributed by atoms with Crippen molar-refractivity contribution in [2.75, 3.05) is 0 Å². The highest BCUT2D eigenvalue weighted by Crippen LogP contribution is 2.47. The van der Waals surface area contributed by atoms with Gasteiger partial charge in [0.15, 0.2) is 0 Å². The fourth-order valence-electron chi connectivity index (χ4n) is 10.4. The lowest BCUT2D eigenvalue weighted by Crippen LogP contribution is -2.02. The highest BCUT2D eigenvalue weighted by atomic mass is 16.3. The summed E-state index contributed by atoms with van der Waals surface area (Å²) >= 11 is 0. The van der Waals surface area contributed by atoms with Crippen LogP contribution in [-0.4, -0.2) is 30.6 Å². The zero-order valence-corrected chi connectivity index (χ0v) is 44.2. The van der Waals surface area contributed by atoms with Crippen LogP contribution in [0.4, 0.5) is 0 Å². The molecular formula is C65H76O6. The van der Waals surface area contributed by atoms with Crippen LogP contribution < -0.4 is 0 Å². The second kappa shape index (κ2) is 22.4. The van der Waals surface area contributed by atoms with E-state index >= 15 is 0 Å². The van der Waals surface area contributed by atoms with Gasteiger partial charge in [-0.2, -0.15) is 0 Å². The Balaban J connectivity index is 1.30. The third-order valence-corrected chi connectivity index (χ3v) is 14.8. The minimum Gasteiger partial charge on any atom is -0.508 e. The summed E-state index contributed by atoms with van der Waals surface area (Å²) < 4.78 is 0. The third-order valence-electron chi connectivity index (χ3n) is 14.8. The molecule has 0 radical (unpaired) electrons. The molecule has 6 N–H and O–H groups in total. The van der Waals surface area contributed by atoms with Gasteiger partial charge in [0.05, 0.1) is 0 Å². The van der Waals surface area contributed by atoms with E-state index in [9.17, 15) is 30.6 Å². The van der Waals surface area contributed by atoms with Crippen molar-refractivity contribution in [2.45, 2.75) is 139 Å². The monoisotopic (exact) mass is 953 g/mol. The topological polar surface area (TPSA) is 121 Å². The molecule has 0 aromatic heterocycles. The van der Waals surface area contributed by atoms with Crippen LogP contribution in [0.25, 0.3) is 33.4 Å². The first-order valence-corrected chi connectivity index (χ1v) is 25.1. The molecule has 0 fully saturated rings. The molecule has 0 amide bonds. The predicted molar refractivity (Wildman–Crippen MR) is 297 cm³/mol. The maximum atomic E-state index is 12.2. The quantitative estimate of drug-likeness (QED) is 0.0477. The molecule has 0 aliphatic heterocycles. The maximum absolute atomic E-state index is 12.2. The molecule has 0 bridgehead atoms. The molecule has 6 aromatic rings. The first kappa shape index (κ1) is 53.4. The van der Waals surface area contributed by atoms with Crippen LogP contribution in [-0.2, 0) is 25.7 Å². The molecule has 0 heterocycles. The Labute approximate surface area is 423 Å². The second-order valence-corrected chi connectivity index (χ2v) is 20.4. The lowest BCUT2D eigenvalue weighted by Gasteiger charge is -2.22. The number of aryl methyl sites for hydroxylation is 6. The summed E-state index contributed by atoms with van der Waals surface area (Å²) in [4.78, 5) is 0. The van der Waals surface area contributed by atoms with Gasteiger partial charge in [0, 0.05) is 27.8 Å². The van der Waals surface area contributed by atoms with Gasteiger partial charge < -0.3 is 30.6 Å². The molecule has 71 heavy (non-hydrogen) atoms. The van der Waals surface area contributed by atoms with E-state index in [-0.39, 0.29) is 52.3 Å². The van der Waals surface area contributed by atoms with Crippen LogP contribution in [0.5, 0.6) is 34.5 Å². The van der Waals surface area contributed by atoms with Crippen LogP contribution in [0.2, 0.25) is 0 Å². The molecule has 0 saturated carbocycles. The molecule has 6 rings (SSSR count). The van der Waals surface area contributed by atoms with Gasteiger partial charge >= 0.3 is 0 Å². The van der Waals surface area contributed by atoms with Crippen molar-refractivity contribution in [1.82, 2.24) is 0 Å². The van der Waals surface area contributed by atoms with E-state index in [1.807, 2.05) is 90.9 Å². The summed E-state index contributed by atoms with van der Waals surface area (Å²) in [5, 5.41) is 69.1. The van der Waals surface area contributed by atoms with E-state index in [1.165, 1.54) is 0 Å². The first-order chi connectivity index (χ1) is 33.6. The van der Waals surface area contributed by atoms with Crippen LogP contribution in [0.3, 0.4) is 0 Å². The summed E-state index contributed by atoms with van der Waals surface area (Å²) in [6, 6.07) is 17.9. The van der Waals surface area contributed by atoms with Crippen molar-refractivity contribution >= 4 is 0 Å². The molecule has 372 valence electrons. The number of benzene rings is 6. The van der Waals surface area contributed by atoms with Gasteiger partial charge in [-0.15, -0.1) is 13.2 Å². The average Bonchev–Trinajstić information content (AvgIpc) is 3.31. The van der Waals surface area contributed by atoms with Crippen LogP contribution in [0, 0.1) is 55.4 Å². The van der Waals surface area contributed by atoms with E-state index in [0.717, 1.165) is 106 Å². The van der Waals surface area contributed by atoms with Crippen molar-refractivity contribution in [3.63, 3.8) is 0 Å². The Bertz CT molecular complexity index is 3070. The number of rotatable bonds is 18. The van der Waals surface area contributed by atoms with E-state index in [2.05, 4.69) is 84.2 Å². The van der Waals surface area contributed by atoms with Crippen molar-refractivity contribution < 1.29 is 30.6 Å². The Kier molecular flexibility index (Phi) is 16.9. The van der Waals surface area contributed by atoms with Crippen molar-refractivity contribution in [2.24, 2.45) is 0 Å². The smallest absolute Gasteiger partial charge is 0.127 e. The van der Waals surface area contributed by atoms with Gasteiger partial charge in [-0.1, -0.05) is 76.3 Å². The minimum absolute atomic E-state index is 0.0994. The van der Waals surface area contributed by atoms with Crippen LogP contribution in [0.1, 0.15) is 142 Å². The number of aromatic hydroxyl groups is 6. The lowest BCUT2D eigenvalue weighted by molar-refractivity contribution is 0.451. The van der Waals surface area contributed by atoms with Gasteiger partial charge in [0.1, 0.15) is 34.5 Å². The number of hydrogen-bond acceptors (Lipinski definition) is 6. The molecule has 2 unspecified atom stereocenters. The molecule has 2 atom stereocenters. The minimum atomic E-state index is -0.103. The van der Waals surface area contributed by atoms with E-state index in [0.29, 0.717) is 49.7 Å². The summed E-state index contributed by atoms with van der Waals surface area (Å²) in [6.45, 7) is 32.2. The van der Waals surface area contributed by atoms with Gasteiger partial charge in [-0.05, 0) is 243 Å². The fourth-order valence-corrected chi connectivity index (χ4v) is 10.4. The normalized spacial score (nSPS) is 12.6. The van der Waals surface area contributed by atoms with E-state index < -0.39 is 0 Å². The highest BCUT2D eigenvalue weighted by molar-refractivity contribution is 5.84. The third kappa shape index (κ3) is 11.2. The zero-order chi connectivity index (χ0) is 52.2. The molecule has 6 aromatic carbocycles. The maximum Gasteiger partial charge on any atom is 0.127 e. The Morgan fingerprint density at radius 1 is 0.408 bits per heavy atom. The standard InChI is InChI=1S/C65H76O6/c1-15-21-47-31-49(56-29-42(10)57(66)35-53(56)36(3)4)32-48(62(47)68)25-19-17-23-37(5)54-33-50(61-46(14)45(13)39(7)30-58(61)67)34-55(63(54)69)38(6)24-18-20-26-52-41(9)28-44(12)60(65(52)71)59-43(11)27-40(8)51(22-16-2)64(59)70/h15-20,27-38,66-71H,1-2,21-26H2,3-14H3/b19-17+,20-18+. The van der Waals surface area contributed by atoms with Gasteiger partial charge in [-0.25, -0.2) is 0 Å². The Morgan fingerprint density at radius 3 is 1.44 bits per heavy atom. The van der Waals surface area contributed by atoms with E-state index in [4.69, 9.17) is 0 Å². The second-order valence-electron chi connectivity index (χ2n) is 20.4. The number of hydrogen-bond donors (Lipinski definition) is 6. The Morgan fingerprint density at radius 2 is 0.915 bits per heavy atom.